The van der Waals surface area contributed by atoms with Crippen molar-refractivity contribution in [2.45, 2.75) is 44.7 Å². The number of halogens is 1. The fourth-order valence-electron chi connectivity index (χ4n) is 3.55. The lowest BCUT2D eigenvalue weighted by Gasteiger charge is -2.49. The van der Waals surface area contributed by atoms with Crippen LogP contribution in [-0.4, -0.2) is 36.6 Å². The summed E-state index contributed by atoms with van der Waals surface area (Å²) in [6.07, 6.45) is 5.45. The highest BCUT2D eigenvalue weighted by molar-refractivity contribution is 14.1. The summed E-state index contributed by atoms with van der Waals surface area (Å²) in [5, 5.41) is 0. The average Bonchev–Trinajstić information content (AvgIpc) is 2.46. The molecule has 2 atom stereocenters. The van der Waals surface area contributed by atoms with E-state index < -0.39 is 0 Å². The molecule has 2 heterocycles. The maximum Gasteiger partial charge on any atom is 0.0415 e. The zero-order valence-corrected chi connectivity index (χ0v) is 13.8. The van der Waals surface area contributed by atoms with Crippen LogP contribution in [0.4, 0.5) is 5.69 Å². The number of hydrogen-bond donors (Lipinski definition) is 0. The van der Waals surface area contributed by atoms with Gasteiger partial charge in [-0.2, -0.15) is 0 Å². The smallest absolute Gasteiger partial charge is 0.0415 e. The first kappa shape index (κ1) is 13.7. The summed E-state index contributed by atoms with van der Waals surface area (Å²) in [5.41, 5.74) is 1.41. The maximum absolute atomic E-state index is 2.74. The second-order valence-corrected chi connectivity index (χ2v) is 7.08. The van der Waals surface area contributed by atoms with Gasteiger partial charge in [-0.15, -0.1) is 0 Å². The number of fused-ring (bicyclic) bond motifs is 1. The molecule has 2 fully saturated rings. The summed E-state index contributed by atoms with van der Waals surface area (Å²) < 4.78 is 1.32. The molecule has 0 bridgehead atoms. The fourth-order valence-corrected chi connectivity index (χ4v) is 3.91. The van der Waals surface area contributed by atoms with Crippen LogP contribution in [0.15, 0.2) is 24.3 Å². The molecule has 1 aromatic carbocycles. The summed E-state index contributed by atoms with van der Waals surface area (Å²) in [4.78, 5) is 5.39. The van der Waals surface area contributed by atoms with Gasteiger partial charge in [0.15, 0.2) is 0 Å². The SMILES string of the molecule is CCC1CN2CCCCC2CN1c1ccc(I)cc1. The number of piperidine rings is 1. The largest absolute Gasteiger partial charge is 0.366 e. The monoisotopic (exact) mass is 370 g/mol. The second kappa shape index (κ2) is 6.00. The maximum atomic E-state index is 2.74. The molecule has 3 rings (SSSR count). The van der Waals surface area contributed by atoms with Crippen LogP contribution in [0.5, 0.6) is 0 Å². The van der Waals surface area contributed by atoms with Crippen molar-refractivity contribution in [3.05, 3.63) is 27.8 Å². The quantitative estimate of drug-likeness (QED) is 0.732. The summed E-state index contributed by atoms with van der Waals surface area (Å²) >= 11 is 2.38. The number of piperazine rings is 1. The van der Waals surface area contributed by atoms with E-state index in [9.17, 15) is 0 Å². The molecule has 0 saturated carbocycles. The van der Waals surface area contributed by atoms with Crippen molar-refractivity contribution in [1.82, 2.24) is 4.90 Å². The van der Waals surface area contributed by atoms with Crippen molar-refractivity contribution >= 4 is 28.3 Å². The minimum absolute atomic E-state index is 0.689. The van der Waals surface area contributed by atoms with E-state index in [1.807, 2.05) is 0 Å². The molecule has 104 valence electrons. The zero-order chi connectivity index (χ0) is 13.2. The number of hydrogen-bond acceptors (Lipinski definition) is 2. The van der Waals surface area contributed by atoms with Gasteiger partial charge in [0.2, 0.25) is 0 Å². The minimum atomic E-state index is 0.689. The van der Waals surface area contributed by atoms with E-state index in [0.29, 0.717) is 6.04 Å². The van der Waals surface area contributed by atoms with E-state index in [4.69, 9.17) is 0 Å². The van der Waals surface area contributed by atoms with Crippen molar-refractivity contribution in [3.8, 4) is 0 Å². The highest BCUT2D eigenvalue weighted by atomic mass is 127. The third kappa shape index (κ3) is 2.92. The Morgan fingerprint density at radius 3 is 2.68 bits per heavy atom. The highest BCUT2D eigenvalue weighted by Crippen LogP contribution is 2.29. The van der Waals surface area contributed by atoms with Crippen molar-refractivity contribution in [2.75, 3.05) is 24.5 Å². The molecule has 2 nitrogen and oxygen atoms in total. The van der Waals surface area contributed by atoms with Gasteiger partial charge in [-0.05, 0) is 72.7 Å². The summed E-state index contributed by atoms with van der Waals surface area (Å²) in [7, 11) is 0. The van der Waals surface area contributed by atoms with Crippen molar-refractivity contribution in [1.29, 1.82) is 0 Å². The molecule has 0 amide bonds. The topological polar surface area (TPSA) is 6.48 Å². The first-order chi connectivity index (χ1) is 9.28. The molecule has 2 saturated heterocycles. The molecular weight excluding hydrogens is 347 g/mol. The lowest BCUT2D eigenvalue weighted by Crippen LogP contribution is -2.59. The molecule has 19 heavy (non-hydrogen) atoms. The van der Waals surface area contributed by atoms with E-state index in [2.05, 4.69) is 63.6 Å². The molecule has 1 aromatic rings. The van der Waals surface area contributed by atoms with Gasteiger partial charge in [-0.25, -0.2) is 0 Å². The molecule has 0 aliphatic carbocycles. The van der Waals surface area contributed by atoms with Crippen molar-refractivity contribution in [2.24, 2.45) is 0 Å². The van der Waals surface area contributed by atoms with Crippen LogP contribution >= 0.6 is 22.6 Å². The van der Waals surface area contributed by atoms with Crippen LogP contribution in [0.2, 0.25) is 0 Å². The van der Waals surface area contributed by atoms with Gasteiger partial charge in [0.05, 0.1) is 0 Å². The Hall–Kier alpha value is -0.290. The summed E-state index contributed by atoms with van der Waals surface area (Å²) in [6.45, 7) is 6.13. The van der Waals surface area contributed by atoms with E-state index in [0.717, 1.165) is 6.04 Å². The van der Waals surface area contributed by atoms with Crippen LogP contribution in [0.1, 0.15) is 32.6 Å². The van der Waals surface area contributed by atoms with E-state index in [-0.39, 0.29) is 0 Å². The van der Waals surface area contributed by atoms with Crippen LogP contribution in [0, 0.1) is 3.57 Å². The normalized spacial score (nSPS) is 28.2. The van der Waals surface area contributed by atoms with Gasteiger partial charge < -0.3 is 4.90 Å². The fraction of sp³-hybridized carbons (Fsp3) is 0.625. The predicted molar refractivity (Wildman–Crippen MR) is 89.8 cm³/mol. The van der Waals surface area contributed by atoms with Gasteiger partial charge >= 0.3 is 0 Å². The molecule has 0 radical (unpaired) electrons. The molecule has 2 aliphatic heterocycles. The third-order valence-corrected chi connectivity index (χ3v) is 5.39. The Bertz CT molecular complexity index is 417. The van der Waals surface area contributed by atoms with Gasteiger partial charge in [-0.1, -0.05) is 13.3 Å². The Kier molecular flexibility index (Phi) is 4.32. The Balaban J connectivity index is 1.80. The number of benzene rings is 1. The standard InChI is InChI=1S/C16H23IN2/c1-2-14-11-18-10-4-3-5-16(18)12-19(14)15-8-6-13(17)7-9-15/h6-9,14,16H,2-5,10-12H2,1H3. The Morgan fingerprint density at radius 1 is 1.16 bits per heavy atom. The lowest BCUT2D eigenvalue weighted by molar-refractivity contribution is 0.111. The molecule has 2 unspecified atom stereocenters. The zero-order valence-electron chi connectivity index (χ0n) is 11.7. The number of anilines is 1. The van der Waals surface area contributed by atoms with E-state index in [1.165, 1.54) is 54.6 Å². The van der Waals surface area contributed by atoms with E-state index >= 15 is 0 Å². The van der Waals surface area contributed by atoms with Crippen LogP contribution in [0.25, 0.3) is 0 Å². The van der Waals surface area contributed by atoms with Crippen molar-refractivity contribution in [3.63, 3.8) is 0 Å². The van der Waals surface area contributed by atoms with Crippen LogP contribution in [-0.2, 0) is 0 Å². The first-order valence-corrected chi connectivity index (χ1v) is 8.62. The molecule has 0 spiro atoms. The van der Waals surface area contributed by atoms with Gasteiger partial charge in [0, 0.05) is 34.4 Å². The number of rotatable bonds is 2. The highest BCUT2D eigenvalue weighted by Gasteiger charge is 2.34. The van der Waals surface area contributed by atoms with Gasteiger partial charge in [0.25, 0.3) is 0 Å². The first-order valence-electron chi connectivity index (χ1n) is 7.54. The Labute approximate surface area is 130 Å². The average molecular weight is 370 g/mol. The Morgan fingerprint density at radius 2 is 1.95 bits per heavy atom. The summed E-state index contributed by atoms with van der Waals surface area (Å²) in [6, 6.07) is 10.5. The molecule has 3 heteroatoms. The van der Waals surface area contributed by atoms with Gasteiger partial charge in [-0.3, -0.25) is 4.90 Å². The predicted octanol–water partition coefficient (Wildman–Crippen LogP) is 3.74. The van der Waals surface area contributed by atoms with Crippen molar-refractivity contribution < 1.29 is 0 Å². The third-order valence-electron chi connectivity index (χ3n) is 4.67. The molecule has 0 N–H and O–H groups in total. The van der Waals surface area contributed by atoms with Gasteiger partial charge in [0.1, 0.15) is 0 Å². The van der Waals surface area contributed by atoms with E-state index in [1.54, 1.807) is 0 Å². The molecular formula is C16H23IN2. The van der Waals surface area contributed by atoms with Crippen LogP contribution in [0.3, 0.4) is 0 Å². The molecule has 0 aromatic heterocycles. The minimum Gasteiger partial charge on any atom is -0.366 e. The van der Waals surface area contributed by atoms with Crippen LogP contribution < -0.4 is 4.90 Å². The second-order valence-electron chi connectivity index (χ2n) is 5.84. The summed E-state index contributed by atoms with van der Waals surface area (Å²) in [5.74, 6) is 0. The number of nitrogens with zero attached hydrogens (tertiary/aromatic N) is 2. The lowest BCUT2D eigenvalue weighted by atomic mass is 9.95. The molecule has 2 aliphatic rings.